The molecule has 3 atom stereocenters. The summed E-state index contributed by atoms with van der Waals surface area (Å²) in [6.45, 7) is 7.60. The molecule has 1 saturated heterocycles. The molecule has 0 radical (unpaired) electrons. The molecule has 1 spiro atoms. The Labute approximate surface area is 129 Å². The summed E-state index contributed by atoms with van der Waals surface area (Å²) in [5.74, 6) is 1.90. The highest BCUT2D eigenvalue weighted by Gasteiger charge is 2.59. The minimum absolute atomic E-state index is 0.410. The quantitative estimate of drug-likeness (QED) is 0.642. The lowest BCUT2D eigenvalue weighted by atomic mass is 9.51. The van der Waals surface area contributed by atoms with Crippen molar-refractivity contribution in [2.75, 3.05) is 26.7 Å². The summed E-state index contributed by atoms with van der Waals surface area (Å²) < 4.78 is 5.95. The summed E-state index contributed by atoms with van der Waals surface area (Å²) >= 11 is 0. The molecule has 1 aliphatic heterocycles. The molecule has 0 amide bonds. The fourth-order valence-corrected chi connectivity index (χ4v) is 4.48. The van der Waals surface area contributed by atoms with Crippen molar-refractivity contribution in [3.63, 3.8) is 0 Å². The largest absolute Gasteiger partial charge is 0.378 e. The number of rotatable bonds is 3. The maximum absolute atomic E-state index is 5.95. The number of nitrogens with zero attached hydrogens (tertiary/aromatic N) is 2. The monoisotopic (exact) mass is 293 g/mol. The molecule has 21 heavy (non-hydrogen) atoms. The molecule has 120 valence electrons. The van der Waals surface area contributed by atoms with Crippen LogP contribution in [0.1, 0.15) is 52.4 Å². The number of guanidine groups is 1. The molecule has 0 aromatic heterocycles. The number of hydrogen-bond donors (Lipinski definition) is 1. The average molecular weight is 293 g/mol. The Morgan fingerprint density at radius 3 is 2.76 bits per heavy atom. The van der Waals surface area contributed by atoms with Gasteiger partial charge >= 0.3 is 0 Å². The van der Waals surface area contributed by atoms with Gasteiger partial charge in [0, 0.05) is 38.2 Å². The maximum Gasteiger partial charge on any atom is 0.193 e. The Hall–Kier alpha value is -0.770. The first kappa shape index (κ1) is 15.1. The Morgan fingerprint density at radius 2 is 2.19 bits per heavy atom. The van der Waals surface area contributed by atoms with Crippen LogP contribution in [0.2, 0.25) is 0 Å². The zero-order valence-electron chi connectivity index (χ0n) is 13.9. The fraction of sp³-hybridized carbons (Fsp3) is 0.941. The van der Waals surface area contributed by atoms with Gasteiger partial charge in [-0.2, -0.15) is 0 Å². The van der Waals surface area contributed by atoms with E-state index >= 15 is 0 Å². The Morgan fingerprint density at radius 1 is 1.38 bits per heavy atom. The van der Waals surface area contributed by atoms with Crippen LogP contribution in [0.3, 0.4) is 0 Å². The standard InChI is InChI=1S/C17H31N3O/c1-4-21-15-11-14(17(15)8-6-9-17)19-16(18-3)20-10-5-7-13(2)12-20/h13-15H,4-12H2,1-3H3,(H,18,19). The summed E-state index contributed by atoms with van der Waals surface area (Å²) in [6, 6.07) is 0.568. The van der Waals surface area contributed by atoms with Gasteiger partial charge in [0.25, 0.3) is 0 Å². The van der Waals surface area contributed by atoms with Crippen LogP contribution in [-0.2, 0) is 4.74 Å². The van der Waals surface area contributed by atoms with Crippen LogP contribution in [0.25, 0.3) is 0 Å². The number of aliphatic imine (C=N–C) groups is 1. The normalized spacial score (nSPS) is 35.3. The van der Waals surface area contributed by atoms with Gasteiger partial charge in [-0.25, -0.2) is 0 Å². The number of ether oxygens (including phenoxy) is 1. The molecule has 3 fully saturated rings. The molecule has 3 unspecified atom stereocenters. The van der Waals surface area contributed by atoms with Gasteiger partial charge in [-0.1, -0.05) is 13.3 Å². The van der Waals surface area contributed by atoms with Crippen LogP contribution in [0, 0.1) is 11.3 Å². The first-order chi connectivity index (χ1) is 10.2. The highest BCUT2D eigenvalue weighted by Crippen LogP contribution is 2.57. The SMILES string of the molecule is CCOC1CC(NC(=NC)N2CCCC(C)C2)C12CCC2. The fourth-order valence-electron chi connectivity index (χ4n) is 4.48. The lowest BCUT2D eigenvalue weighted by Gasteiger charge is -2.61. The van der Waals surface area contributed by atoms with Gasteiger partial charge in [0.15, 0.2) is 5.96 Å². The van der Waals surface area contributed by atoms with Gasteiger partial charge in [0.1, 0.15) is 0 Å². The van der Waals surface area contributed by atoms with Gasteiger partial charge in [-0.05, 0) is 44.9 Å². The molecule has 4 heteroatoms. The summed E-state index contributed by atoms with van der Waals surface area (Å²) in [7, 11) is 1.92. The van der Waals surface area contributed by atoms with Crippen molar-refractivity contribution in [2.45, 2.75) is 64.5 Å². The first-order valence-electron chi connectivity index (χ1n) is 8.79. The van der Waals surface area contributed by atoms with Crippen LogP contribution in [0.5, 0.6) is 0 Å². The summed E-state index contributed by atoms with van der Waals surface area (Å²) in [5, 5.41) is 3.77. The van der Waals surface area contributed by atoms with E-state index in [9.17, 15) is 0 Å². The molecule has 0 bridgehead atoms. The first-order valence-corrected chi connectivity index (χ1v) is 8.79. The van der Waals surface area contributed by atoms with Gasteiger partial charge in [-0.15, -0.1) is 0 Å². The zero-order valence-corrected chi connectivity index (χ0v) is 13.9. The molecule has 3 rings (SSSR count). The van der Waals surface area contributed by atoms with Gasteiger partial charge in [0.05, 0.1) is 6.10 Å². The molecular formula is C17H31N3O. The van der Waals surface area contributed by atoms with Crippen molar-refractivity contribution in [1.82, 2.24) is 10.2 Å². The minimum Gasteiger partial charge on any atom is -0.378 e. The van der Waals surface area contributed by atoms with Crippen molar-refractivity contribution < 1.29 is 4.74 Å². The highest BCUT2D eigenvalue weighted by atomic mass is 16.5. The van der Waals surface area contributed by atoms with Crippen LogP contribution in [0.15, 0.2) is 4.99 Å². The van der Waals surface area contributed by atoms with Crippen molar-refractivity contribution in [2.24, 2.45) is 16.3 Å². The predicted molar refractivity (Wildman–Crippen MR) is 86.6 cm³/mol. The van der Waals surface area contributed by atoms with Gasteiger partial charge in [0.2, 0.25) is 0 Å². The molecule has 1 heterocycles. The van der Waals surface area contributed by atoms with E-state index in [1.54, 1.807) is 0 Å². The lowest BCUT2D eigenvalue weighted by Crippen LogP contribution is -2.69. The summed E-state index contributed by atoms with van der Waals surface area (Å²) in [6.07, 6.45) is 8.28. The van der Waals surface area contributed by atoms with E-state index in [1.807, 2.05) is 7.05 Å². The van der Waals surface area contributed by atoms with E-state index < -0.39 is 0 Å². The lowest BCUT2D eigenvalue weighted by molar-refractivity contribution is -0.169. The van der Waals surface area contributed by atoms with Crippen LogP contribution in [0.4, 0.5) is 0 Å². The van der Waals surface area contributed by atoms with Crippen molar-refractivity contribution in [1.29, 1.82) is 0 Å². The molecule has 4 nitrogen and oxygen atoms in total. The number of nitrogens with one attached hydrogen (secondary N) is 1. The molecular weight excluding hydrogens is 262 g/mol. The van der Waals surface area contributed by atoms with Crippen LogP contribution < -0.4 is 5.32 Å². The molecule has 2 saturated carbocycles. The third-order valence-corrected chi connectivity index (χ3v) is 5.91. The van der Waals surface area contributed by atoms with E-state index in [2.05, 4.69) is 29.1 Å². The van der Waals surface area contributed by atoms with E-state index in [0.717, 1.165) is 38.0 Å². The second-order valence-electron chi connectivity index (χ2n) is 7.20. The summed E-state index contributed by atoms with van der Waals surface area (Å²) in [4.78, 5) is 7.01. The Kier molecular flexibility index (Phi) is 4.43. The number of piperidine rings is 1. The number of likely N-dealkylation sites (tertiary alicyclic amines) is 1. The van der Waals surface area contributed by atoms with E-state index in [1.165, 1.54) is 32.1 Å². The van der Waals surface area contributed by atoms with Crippen LogP contribution in [-0.4, -0.2) is 49.7 Å². The Balaban J connectivity index is 1.60. The van der Waals surface area contributed by atoms with Crippen LogP contribution >= 0.6 is 0 Å². The third-order valence-electron chi connectivity index (χ3n) is 5.91. The van der Waals surface area contributed by atoms with Crippen molar-refractivity contribution in [3.05, 3.63) is 0 Å². The molecule has 1 N–H and O–H groups in total. The van der Waals surface area contributed by atoms with E-state index in [0.29, 0.717) is 17.6 Å². The van der Waals surface area contributed by atoms with E-state index in [-0.39, 0.29) is 0 Å². The summed E-state index contributed by atoms with van der Waals surface area (Å²) in [5.41, 5.74) is 0.410. The maximum atomic E-state index is 5.95. The second-order valence-corrected chi connectivity index (χ2v) is 7.20. The smallest absolute Gasteiger partial charge is 0.193 e. The average Bonchev–Trinajstić information content (AvgIpc) is 2.40. The van der Waals surface area contributed by atoms with Gasteiger partial charge < -0.3 is 15.0 Å². The Bertz CT molecular complexity index is 391. The second kappa shape index (κ2) is 6.15. The van der Waals surface area contributed by atoms with E-state index in [4.69, 9.17) is 4.74 Å². The van der Waals surface area contributed by atoms with Crippen molar-refractivity contribution in [3.8, 4) is 0 Å². The van der Waals surface area contributed by atoms with Crippen molar-refractivity contribution >= 4 is 5.96 Å². The topological polar surface area (TPSA) is 36.9 Å². The third kappa shape index (κ3) is 2.67. The predicted octanol–water partition coefficient (Wildman–Crippen LogP) is 2.64. The highest BCUT2D eigenvalue weighted by molar-refractivity contribution is 5.80. The number of hydrogen-bond acceptors (Lipinski definition) is 2. The molecule has 3 aliphatic rings. The zero-order chi connectivity index (χ0) is 14.9. The molecule has 0 aromatic carbocycles. The minimum atomic E-state index is 0.410. The molecule has 0 aromatic rings. The molecule has 2 aliphatic carbocycles. The van der Waals surface area contributed by atoms with Gasteiger partial charge in [-0.3, -0.25) is 4.99 Å².